The van der Waals surface area contributed by atoms with Crippen LogP contribution in [-0.2, 0) is 31.4 Å². The summed E-state index contributed by atoms with van der Waals surface area (Å²) in [6.45, 7) is 2.06. The molecule has 1 aliphatic heterocycles. The van der Waals surface area contributed by atoms with Crippen molar-refractivity contribution in [1.82, 2.24) is 14.2 Å². The molecule has 0 spiro atoms. The molecule has 1 amide bonds. The minimum atomic E-state index is -4.17. The molecular formula is C39H36N4O6S2. The van der Waals surface area contributed by atoms with Crippen molar-refractivity contribution in [3.8, 4) is 5.75 Å². The highest BCUT2D eigenvalue weighted by atomic mass is 32.2. The van der Waals surface area contributed by atoms with Gasteiger partial charge < -0.3 is 14.0 Å². The third-order valence-corrected chi connectivity index (χ3v) is 12.5. The van der Waals surface area contributed by atoms with Crippen LogP contribution in [0.3, 0.4) is 0 Å². The smallest absolute Gasteiger partial charge is 0.339 e. The lowest BCUT2D eigenvalue weighted by atomic mass is 10.0. The summed E-state index contributed by atoms with van der Waals surface area (Å²) in [6, 6.07) is 34.1. The van der Waals surface area contributed by atoms with E-state index in [4.69, 9.17) is 4.18 Å². The van der Waals surface area contributed by atoms with E-state index in [0.29, 0.717) is 47.9 Å². The van der Waals surface area contributed by atoms with Gasteiger partial charge in [-0.05, 0) is 59.8 Å². The van der Waals surface area contributed by atoms with E-state index in [1.165, 1.54) is 31.3 Å². The van der Waals surface area contributed by atoms with E-state index < -0.39 is 26.2 Å². The van der Waals surface area contributed by atoms with Crippen LogP contribution in [0, 0.1) is 0 Å². The summed E-state index contributed by atoms with van der Waals surface area (Å²) in [6.07, 6.45) is 3.20. The average Bonchev–Trinajstić information content (AvgIpc) is 3.17. The molecule has 6 aromatic rings. The van der Waals surface area contributed by atoms with Crippen LogP contribution in [0.1, 0.15) is 5.56 Å². The fourth-order valence-electron chi connectivity index (χ4n) is 6.54. The van der Waals surface area contributed by atoms with Gasteiger partial charge in [0.1, 0.15) is 16.7 Å². The van der Waals surface area contributed by atoms with Crippen molar-refractivity contribution >= 4 is 53.3 Å². The van der Waals surface area contributed by atoms with Gasteiger partial charge in [-0.3, -0.25) is 9.78 Å². The first-order valence-electron chi connectivity index (χ1n) is 16.5. The van der Waals surface area contributed by atoms with E-state index in [2.05, 4.69) is 9.88 Å². The largest absolute Gasteiger partial charge is 0.379 e. The summed E-state index contributed by atoms with van der Waals surface area (Å²) in [5.41, 5.74) is 1.70. The second-order valence-corrected chi connectivity index (χ2v) is 15.9. The second kappa shape index (κ2) is 14.1. The molecule has 12 heteroatoms. The minimum absolute atomic E-state index is 0.0517. The van der Waals surface area contributed by atoms with Crippen LogP contribution < -0.4 is 9.08 Å². The highest BCUT2D eigenvalue weighted by molar-refractivity contribution is 7.89. The summed E-state index contributed by atoms with van der Waals surface area (Å²) in [7, 11) is -6.89. The van der Waals surface area contributed by atoms with Gasteiger partial charge in [0.15, 0.2) is 0 Å². The van der Waals surface area contributed by atoms with Crippen LogP contribution in [0.2, 0.25) is 0 Å². The molecule has 1 aromatic heterocycles. The Morgan fingerprint density at radius 1 is 0.725 bits per heavy atom. The molecule has 7 rings (SSSR count). The first-order chi connectivity index (χ1) is 24.6. The number of fused-ring (bicyclic) bond motifs is 2. The number of benzene rings is 5. The van der Waals surface area contributed by atoms with E-state index in [1.54, 1.807) is 65.8 Å². The third kappa shape index (κ3) is 7.03. The molecule has 5 aromatic carbocycles. The zero-order chi connectivity index (χ0) is 35.6. The number of carbonyl (C=O) groups excluding carboxylic acids is 1. The third-order valence-electron chi connectivity index (χ3n) is 9.31. The topological polar surface area (TPSA) is 117 Å². The van der Waals surface area contributed by atoms with Crippen molar-refractivity contribution in [2.24, 2.45) is 0 Å². The van der Waals surface area contributed by atoms with Gasteiger partial charge in [-0.2, -0.15) is 12.7 Å². The Balaban J connectivity index is 1.16. The van der Waals surface area contributed by atoms with E-state index in [-0.39, 0.29) is 27.9 Å². The lowest BCUT2D eigenvalue weighted by Crippen LogP contribution is -2.56. The molecule has 1 saturated heterocycles. The van der Waals surface area contributed by atoms with Gasteiger partial charge in [0.25, 0.3) is 0 Å². The van der Waals surface area contributed by atoms with Crippen LogP contribution in [0.4, 0.5) is 5.69 Å². The van der Waals surface area contributed by atoms with Gasteiger partial charge in [0, 0.05) is 67.5 Å². The molecule has 51 heavy (non-hydrogen) atoms. The molecule has 1 aliphatic rings. The lowest BCUT2D eigenvalue weighted by Gasteiger charge is -2.39. The van der Waals surface area contributed by atoms with Crippen molar-refractivity contribution in [3.63, 3.8) is 0 Å². The predicted molar refractivity (Wildman–Crippen MR) is 198 cm³/mol. The number of piperazine rings is 1. The van der Waals surface area contributed by atoms with E-state index >= 15 is 0 Å². The molecule has 1 atom stereocenters. The monoisotopic (exact) mass is 720 g/mol. The number of pyridine rings is 1. The summed E-state index contributed by atoms with van der Waals surface area (Å²) in [5, 5.41) is 2.50. The molecule has 1 fully saturated rings. The van der Waals surface area contributed by atoms with Crippen molar-refractivity contribution < 1.29 is 25.8 Å². The van der Waals surface area contributed by atoms with Gasteiger partial charge in [-0.15, -0.1) is 0 Å². The fourth-order valence-corrected chi connectivity index (χ4v) is 9.22. The van der Waals surface area contributed by atoms with Gasteiger partial charge in [0.05, 0.1) is 4.90 Å². The van der Waals surface area contributed by atoms with Gasteiger partial charge in [-0.25, -0.2) is 8.42 Å². The predicted octanol–water partition coefficient (Wildman–Crippen LogP) is 5.74. The molecule has 260 valence electrons. The molecule has 0 bridgehead atoms. The van der Waals surface area contributed by atoms with Crippen molar-refractivity contribution in [2.75, 3.05) is 38.1 Å². The summed E-state index contributed by atoms with van der Waals surface area (Å²) in [4.78, 5) is 22.5. The Bertz CT molecular complexity index is 2410. The zero-order valence-electron chi connectivity index (χ0n) is 27.9. The maximum atomic E-state index is 14.3. The number of likely N-dealkylation sites (N-methyl/N-ethyl adjacent to an activating group) is 1. The standard InChI is InChI=1S/C39H36N4O6S2/c1-41(50(45,46)37-15-8-11-31-28-40-22-21-35(31)37)36(39(44)43-25-23-42(24-26-43)32-12-3-2-4-13-32)27-29-17-19-33(20-18-29)49-51(47,48)38-16-7-10-30-9-5-6-14-34(30)38/h2-22,28,36H,23-27H2,1H3/t36-/m0/s1. The van der Waals surface area contributed by atoms with Crippen molar-refractivity contribution in [3.05, 3.63) is 139 Å². The quantitative estimate of drug-likeness (QED) is 0.165. The van der Waals surface area contributed by atoms with Crippen LogP contribution in [0.5, 0.6) is 5.75 Å². The first kappa shape index (κ1) is 34.2. The lowest BCUT2D eigenvalue weighted by molar-refractivity contribution is -0.135. The molecule has 0 saturated carbocycles. The van der Waals surface area contributed by atoms with E-state index in [9.17, 15) is 21.6 Å². The summed E-state index contributed by atoms with van der Waals surface area (Å²) < 4.78 is 61.9. The average molecular weight is 721 g/mol. The van der Waals surface area contributed by atoms with Gasteiger partial charge in [-0.1, -0.05) is 78.9 Å². The summed E-state index contributed by atoms with van der Waals surface area (Å²) >= 11 is 0. The van der Waals surface area contributed by atoms with Crippen molar-refractivity contribution in [2.45, 2.75) is 22.3 Å². The Morgan fingerprint density at radius 3 is 2.10 bits per heavy atom. The minimum Gasteiger partial charge on any atom is -0.379 e. The maximum absolute atomic E-state index is 14.3. The highest BCUT2D eigenvalue weighted by Crippen LogP contribution is 2.29. The number of hydrogen-bond donors (Lipinski definition) is 0. The summed E-state index contributed by atoms with van der Waals surface area (Å²) in [5.74, 6) is -0.216. The van der Waals surface area contributed by atoms with Gasteiger partial charge in [0.2, 0.25) is 15.9 Å². The molecule has 0 aliphatic carbocycles. The van der Waals surface area contributed by atoms with Crippen LogP contribution in [0.15, 0.2) is 144 Å². The second-order valence-electron chi connectivity index (χ2n) is 12.4. The Kier molecular flexibility index (Phi) is 9.47. The van der Waals surface area contributed by atoms with E-state index in [0.717, 1.165) is 15.4 Å². The number of amides is 1. The first-order valence-corrected chi connectivity index (χ1v) is 19.4. The number of carbonyl (C=O) groups is 1. The van der Waals surface area contributed by atoms with E-state index in [1.807, 2.05) is 48.5 Å². The Hall–Kier alpha value is -5.30. The number of rotatable bonds is 10. The molecule has 0 N–H and O–H groups in total. The number of hydrogen-bond acceptors (Lipinski definition) is 8. The van der Waals surface area contributed by atoms with Crippen LogP contribution >= 0.6 is 0 Å². The Labute approximate surface area is 297 Å². The molecule has 0 radical (unpaired) electrons. The maximum Gasteiger partial charge on any atom is 0.339 e. The number of sulfonamides is 1. The number of nitrogens with zero attached hydrogens (tertiary/aromatic N) is 4. The molecular weight excluding hydrogens is 685 g/mol. The molecule has 10 nitrogen and oxygen atoms in total. The molecule has 0 unspecified atom stereocenters. The SMILES string of the molecule is CN([C@@H](Cc1ccc(OS(=O)(=O)c2cccc3ccccc23)cc1)C(=O)N1CCN(c2ccccc2)CC1)S(=O)(=O)c1cccc2cnccc12. The van der Waals surface area contributed by atoms with Gasteiger partial charge >= 0.3 is 10.1 Å². The highest BCUT2D eigenvalue weighted by Gasteiger charge is 2.37. The number of para-hydroxylation sites is 1. The number of aromatic nitrogens is 1. The fraction of sp³-hybridized carbons (Fsp3) is 0.179. The Morgan fingerprint density at radius 2 is 1.35 bits per heavy atom. The van der Waals surface area contributed by atoms with Crippen molar-refractivity contribution in [1.29, 1.82) is 0 Å². The molecule has 2 heterocycles. The number of anilines is 1. The zero-order valence-corrected chi connectivity index (χ0v) is 29.5. The normalized spacial score (nSPS) is 14.5. The van der Waals surface area contributed by atoms with Crippen LogP contribution in [-0.4, -0.2) is 76.2 Å². The van der Waals surface area contributed by atoms with Crippen LogP contribution in [0.25, 0.3) is 21.5 Å².